The Balaban J connectivity index is 2.21. The number of halogens is 1. The summed E-state index contributed by atoms with van der Waals surface area (Å²) in [6.45, 7) is 0. The second-order valence-electron chi connectivity index (χ2n) is 5.01. The Kier molecular flexibility index (Phi) is 4.01. The number of ether oxygens (including phenoxy) is 1. The molecule has 10 heteroatoms. The van der Waals surface area contributed by atoms with Gasteiger partial charge in [0.15, 0.2) is 5.13 Å². The lowest BCUT2D eigenvalue weighted by atomic mass is 10.1. The summed E-state index contributed by atoms with van der Waals surface area (Å²) in [7, 11) is -2.06. The number of benzene rings is 1. The number of hydrogen-bond acceptors (Lipinski definition) is 7. The van der Waals surface area contributed by atoms with Gasteiger partial charge >= 0.3 is 0 Å². The van der Waals surface area contributed by atoms with E-state index in [1.54, 1.807) is 0 Å². The van der Waals surface area contributed by atoms with Crippen molar-refractivity contribution in [2.75, 3.05) is 23.8 Å². The smallest absolute Gasteiger partial charge is 0.241 e. The minimum absolute atomic E-state index is 0.119. The summed E-state index contributed by atoms with van der Waals surface area (Å²) in [6.07, 6.45) is 2.51. The van der Waals surface area contributed by atoms with E-state index in [-0.39, 0.29) is 5.69 Å². The third kappa shape index (κ3) is 3.24. The van der Waals surface area contributed by atoms with Gasteiger partial charge in [0, 0.05) is 11.8 Å². The molecule has 2 heterocycles. The molecule has 0 bridgehead atoms. The number of nitrogens with two attached hydrogens (primary N) is 1. The predicted molar refractivity (Wildman–Crippen MR) is 92.2 cm³/mol. The van der Waals surface area contributed by atoms with E-state index in [0.717, 1.165) is 12.3 Å². The van der Waals surface area contributed by atoms with Crippen molar-refractivity contribution >= 4 is 42.4 Å². The lowest BCUT2D eigenvalue weighted by molar-refractivity contribution is 0.402. The van der Waals surface area contributed by atoms with Crippen molar-refractivity contribution in [2.45, 2.75) is 0 Å². The topological polar surface area (TPSA) is 107 Å². The summed E-state index contributed by atoms with van der Waals surface area (Å²) < 4.78 is 44.8. The highest BCUT2D eigenvalue weighted by molar-refractivity contribution is 7.92. The van der Waals surface area contributed by atoms with Crippen LogP contribution in [0.15, 0.2) is 24.4 Å². The molecule has 3 rings (SSSR count). The van der Waals surface area contributed by atoms with Crippen LogP contribution in [0.25, 0.3) is 21.3 Å². The maximum absolute atomic E-state index is 13.9. The van der Waals surface area contributed by atoms with E-state index in [0.29, 0.717) is 32.4 Å². The van der Waals surface area contributed by atoms with E-state index in [9.17, 15) is 12.8 Å². The van der Waals surface area contributed by atoms with E-state index in [2.05, 4.69) is 14.7 Å². The Labute approximate surface area is 141 Å². The SMILES string of the molecule is COc1ncc(-c2cc(F)cc(NS(C)(=O)=O)c2)c2sc(N)nc12. The van der Waals surface area contributed by atoms with Crippen LogP contribution < -0.4 is 15.2 Å². The van der Waals surface area contributed by atoms with Crippen LogP contribution in [0.5, 0.6) is 5.88 Å². The maximum Gasteiger partial charge on any atom is 0.241 e. The Bertz CT molecular complexity index is 1030. The van der Waals surface area contributed by atoms with Crippen molar-refractivity contribution in [3.05, 3.63) is 30.2 Å². The number of pyridine rings is 1. The minimum atomic E-state index is -3.52. The lowest BCUT2D eigenvalue weighted by Gasteiger charge is -2.09. The van der Waals surface area contributed by atoms with Gasteiger partial charge in [-0.1, -0.05) is 11.3 Å². The minimum Gasteiger partial charge on any atom is -0.479 e. The highest BCUT2D eigenvalue weighted by Gasteiger charge is 2.16. The van der Waals surface area contributed by atoms with Crippen LogP contribution in [-0.4, -0.2) is 31.8 Å². The number of anilines is 2. The van der Waals surface area contributed by atoms with Crippen molar-refractivity contribution in [1.29, 1.82) is 0 Å². The average Bonchev–Trinajstić information content (AvgIpc) is 2.84. The van der Waals surface area contributed by atoms with Gasteiger partial charge in [0.25, 0.3) is 0 Å². The van der Waals surface area contributed by atoms with E-state index in [1.807, 2.05) is 0 Å². The van der Waals surface area contributed by atoms with E-state index in [4.69, 9.17) is 10.5 Å². The molecule has 7 nitrogen and oxygen atoms in total. The van der Waals surface area contributed by atoms with E-state index < -0.39 is 15.8 Å². The molecule has 1 aromatic carbocycles. The van der Waals surface area contributed by atoms with Gasteiger partial charge in [-0.15, -0.1) is 0 Å². The van der Waals surface area contributed by atoms with Crippen LogP contribution in [-0.2, 0) is 10.0 Å². The Morgan fingerprint density at radius 3 is 2.75 bits per heavy atom. The van der Waals surface area contributed by atoms with Crippen molar-refractivity contribution < 1.29 is 17.5 Å². The fraction of sp³-hybridized carbons (Fsp3) is 0.143. The second kappa shape index (κ2) is 5.87. The summed E-state index contributed by atoms with van der Waals surface area (Å²) in [6, 6.07) is 3.90. The Morgan fingerprint density at radius 2 is 2.08 bits per heavy atom. The first-order chi connectivity index (χ1) is 11.3. The molecular formula is C14H13FN4O3S2. The molecule has 0 aliphatic heterocycles. The Morgan fingerprint density at radius 1 is 1.33 bits per heavy atom. The van der Waals surface area contributed by atoms with Gasteiger partial charge < -0.3 is 10.5 Å². The molecule has 3 aromatic rings. The standard InChI is InChI=1S/C14H13FN4O3S2/c1-22-13-11-12(23-14(16)18-11)10(6-17-13)7-3-8(15)5-9(4-7)19-24(2,20)21/h3-6,19H,1-2H3,(H2,16,18). The zero-order valence-corrected chi connectivity index (χ0v) is 14.3. The molecule has 0 atom stereocenters. The van der Waals surface area contributed by atoms with Gasteiger partial charge in [-0.25, -0.2) is 22.8 Å². The van der Waals surface area contributed by atoms with Crippen molar-refractivity contribution in [2.24, 2.45) is 0 Å². The number of methoxy groups -OCH3 is 1. The molecule has 3 N–H and O–H groups in total. The van der Waals surface area contributed by atoms with Crippen LogP contribution in [0.1, 0.15) is 0 Å². The Hall–Kier alpha value is -2.46. The van der Waals surface area contributed by atoms with Crippen molar-refractivity contribution in [3.8, 4) is 17.0 Å². The molecule has 2 aromatic heterocycles. The summed E-state index contributed by atoms with van der Waals surface area (Å²) in [4.78, 5) is 8.33. The van der Waals surface area contributed by atoms with Crippen molar-refractivity contribution in [3.63, 3.8) is 0 Å². The zero-order chi connectivity index (χ0) is 17.5. The second-order valence-corrected chi connectivity index (χ2v) is 7.79. The number of nitrogens with one attached hydrogen (secondary N) is 1. The van der Waals surface area contributed by atoms with Crippen LogP contribution in [0.2, 0.25) is 0 Å². The molecular weight excluding hydrogens is 355 g/mol. The largest absolute Gasteiger partial charge is 0.479 e. The molecule has 0 fully saturated rings. The summed E-state index contributed by atoms with van der Waals surface area (Å²) >= 11 is 1.21. The summed E-state index contributed by atoms with van der Waals surface area (Å²) in [5.41, 5.74) is 7.38. The van der Waals surface area contributed by atoms with Gasteiger partial charge in [0.05, 0.1) is 23.8 Å². The average molecular weight is 368 g/mol. The molecule has 0 saturated heterocycles. The molecule has 0 unspecified atom stereocenters. The fourth-order valence-electron chi connectivity index (χ4n) is 2.28. The molecule has 24 heavy (non-hydrogen) atoms. The molecule has 0 amide bonds. The number of aromatic nitrogens is 2. The third-order valence-corrected chi connectivity index (χ3v) is 4.63. The van der Waals surface area contributed by atoms with Crippen LogP contribution in [0.3, 0.4) is 0 Å². The number of rotatable bonds is 4. The van der Waals surface area contributed by atoms with Crippen LogP contribution >= 0.6 is 11.3 Å². The quantitative estimate of drug-likeness (QED) is 0.732. The first kappa shape index (κ1) is 16.4. The van der Waals surface area contributed by atoms with E-state index >= 15 is 0 Å². The van der Waals surface area contributed by atoms with Gasteiger partial charge in [-0.3, -0.25) is 4.72 Å². The molecule has 0 aliphatic carbocycles. The first-order valence-electron chi connectivity index (χ1n) is 6.64. The van der Waals surface area contributed by atoms with Crippen molar-refractivity contribution in [1.82, 2.24) is 9.97 Å². The molecule has 0 saturated carbocycles. The third-order valence-electron chi connectivity index (χ3n) is 3.11. The fourth-order valence-corrected chi connectivity index (χ4v) is 3.68. The molecule has 0 aliphatic rings. The number of nitrogen functional groups attached to an aromatic ring is 1. The monoisotopic (exact) mass is 368 g/mol. The van der Waals surface area contributed by atoms with Gasteiger partial charge in [0.1, 0.15) is 11.3 Å². The highest BCUT2D eigenvalue weighted by Crippen LogP contribution is 2.38. The van der Waals surface area contributed by atoms with Crippen LogP contribution in [0.4, 0.5) is 15.2 Å². The number of fused-ring (bicyclic) bond motifs is 1. The maximum atomic E-state index is 13.9. The number of sulfonamides is 1. The van der Waals surface area contributed by atoms with Gasteiger partial charge in [-0.2, -0.15) is 0 Å². The number of nitrogens with zero attached hydrogens (tertiary/aromatic N) is 2. The summed E-state index contributed by atoms with van der Waals surface area (Å²) in [5, 5.41) is 0.323. The predicted octanol–water partition coefficient (Wildman–Crippen LogP) is 2.46. The zero-order valence-electron chi connectivity index (χ0n) is 12.7. The van der Waals surface area contributed by atoms with Gasteiger partial charge in [-0.05, 0) is 23.8 Å². The molecule has 0 radical (unpaired) electrons. The number of hydrogen-bond donors (Lipinski definition) is 2. The van der Waals surface area contributed by atoms with Gasteiger partial charge in [0.2, 0.25) is 15.9 Å². The molecule has 0 spiro atoms. The summed E-state index contributed by atoms with van der Waals surface area (Å²) in [5.74, 6) is -0.271. The lowest BCUT2D eigenvalue weighted by Crippen LogP contribution is -2.09. The van der Waals surface area contributed by atoms with E-state index in [1.165, 1.54) is 36.8 Å². The number of thiazole rings is 1. The van der Waals surface area contributed by atoms with Crippen LogP contribution in [0, 0.1) is 5.82 Å². The highest BCUT2D eigenvalue weighted by atomic mass is 32.2. The normalized spacial score (nSPS) is 11.6. The first-order valence-corrected chi connectivity index (χ1v) is 9.35. The molecule has 126 valence electrons.